The maximum atomic E-state index is 5.41. The van der Waals surface area contributed by atoms with E-state index in [9.17, 15) is 0 Å². The number of anilines is 1. The Morgan fingerprint density at radius 1 is 1.00 bits per heavy atom. The van der Waals surface area contributed by atoms with E-state index in [-0.39, 0.29) is 6.04 Å². The fraction of sp³-hybridized carbons (Fsp3) is 0.125. The molecule has 0 saturated carbocycles. The van der Waals surface area contributed by atoms with Gasteiger partial charge in [-0.25, -0.2) is 0 Å². The van der Waals surface area contributed by atoms with Gasteiger partial charge in [-0.1, -0.05) is 53.7 Å². The Balaban J connectivity index is 1.61. The van der Waals surface area contributed by atoms with Gasteiger partial charge in [-0.2, -0.15) is 4.98 Å². The Morgan fingerprint density at radius 2 is 1.80 bits per heavy atom. The van der Waals surface area contributed by atoms with E-state index in [1.807, 2.05) is 42.5 Å². The molecule has 0 saturated heterocycles. The largest absolute Gasteiger partial charge is 0.373 e. The van der Waals surface area contributed by atoms with Crippen molar-refractivity contribution in [1.29, 1.82) is 0 Å². The Hall–Kier alpha value is -2.62. The van der Waals surface area contributed by atoms with E-state index < -0.39 is 0 Å². The molecule has 0 radical (unpaired) electrons. The summed E-state index contributed by atoms with van der Waals surface area (Å²) in [5.41, 5.74) is 3.41. The number of aromatic nitrogens is 2. The van der Waals surface area contributed by atoms with E-state index in [0.717, 1.165) is 17.7 Å². The normalized spacial score (nSPS) is 16.7. The minimum atomic E-state index is 0.0670. The molecule has 0 aliphatic carbocycles. The van der Waals surface area contributed by atoms with Crippen LogP contribution in [0.3, 0.4) is 0 Å². The van der Waals surface area contributed by atoms with Crippen LogP contribution in [0.25, 0.3) is 11.4 Å². The lowest BCUT2D eigenvalue weighted by Crippen LogP contribution is -2.05. The maximum Gasteiger partial charge on any atom is 0.249 e. The minimum Gasteiger partial charge on any atom is -0.373 e. The third-order valence-electron chi connectivity index (χ3n) is 3.54. The average Bonchev–Trinajstić information content (AvgIpc) is 3.14. The molecule has 4 rings (SSSR count). The van der Waals surface area contributed by atoms with Gasteiger partial charge < -0.3 is 9.84 Å². The van der Waals surface area contributed by atoms with Crippen LogP contribution in [0.15, 0.2) is 59.1 Å². The van der Waals surface area contributed by atoms with E-state index in [2.05, 4.69) is 27.6 Å². The number of hydrogen-bond acceptors (Lipinski definition) is 4. The van der Waals surface area contributed by atoms with Crippen LogP contribution in [0.5, 0.6) is 0 Å². The molecule has 1 aliphatic rings. The average molecular weight is 263 g/mol. The summed E-state index contributed by atoms with van der Waals surface area (Å²) in [5, 5.41) is 7.49. The molecule has 2 aromatic carbocycles. The lowest BCUT2D eigenvalue weighted by molar-refractivity contribution is 0.364. The standard InChI is InChI=1S/C16H13N3O/c1-2-6-11(7-3-1)15-18-16(20-19-15)14-10-12-8-4-5-9-13(12)17-14/h1-9,14,17H,10H2/t14-/m0/s1. The molecule has 0 spiro atoms. The van der Waals surface area contributed by atoms with E-state index >= 15 is 0 Å². The van der Waals surface area contributed by atoms with Crippen molar-refractivity contribution in [3.05, 3.63) is 66.1 Å². The topological polar surface area (TPSA) is 51.0 Å². The molecular weight excluding hydrogens is 250 g/mol. The van der Waals surface area contributed by atoms with Crippen molar-refractivity contribution in [3.63, 3.8) is 0 Å². The molecule has 1 atom stereocenters. The van der Waals surface area contributed by atoms with Crippen LogP contribution in [0.2, 0.25) is 0 Å². The highest BCUT2D eigenvalue weighted by molar-refractivity contribution is 5.58. The third kappa shape index (κ3) is 1.86. The Labute approximate surface area is 116 Å². The lowest BCUT2D eigenvalue weighted by atomic mass is 10.1. The number of nitrogens with zero attached hydrogens (tertiary/aromatic N) is 2. The fourth-order valence-corrected chi connectivity index (χ4v) is 2.53. The predicted octanol–water partition coefficient (Wildman–Crippen LogP) is 3.45. The molecule has 1 aliphatic heterocycles. The van der Waals surface area contributed by atoms with Crippen molar-refractivity contribution in [1.82, 2.24) is 10.1 Å². The highest BCUT2D eigenvalue weighted by Gasteiger charge is 2.26. The number of fused-ring (bicyclic) bond motifs is 1. The van der Waals surface area contributed by atoms with Crippen LogP contribution in [0, 0.1) is 0 Å². The van der Waals surface area contributed by atoms with Crippen LogP contribution < -0.4 is 5.32 Å². The van der Waals surface area contributed by atoms with Gasteiger partial charge in [-0.05, 0) is 11.6 Å². The molecule has 4 nitrogen and oxygen atoms in total. The van der Waals surface area contributed by atoms with E-state index in [0.29, 0.717) is 11.7 Å². The summed E-state index contributed by atoms with van der Waals surface area (Å²) < 4.78 is 5.41. The van der Waals surface area contributed by atoms with E-state index in [4.69, 9.17) is 4.52 Å². The van der Waals surface area contributed by atoms with Gasteiger partial charge in [0.15, 0.2) is 0 Å². The highest BCUT2D eigenvalue weighted by atomic mass is 16.5. The summed E-state index contributed by atoms with van der Waals surface area (Å²) >= 11 is 0. The molecule has 1 N–H and O–H groups in total. The zero-order valence-electron chi connectivity index (χ0n) is 10.8. The molecule has 2 heterocycles. The SMILES string of the molecule is c1ccc(-c2noc([C@@H]3Cc4ccccc4N3)n2)cc1. The van der Waals surface area contributed by atoms with Crippen molar-refractivity contribution < 1.29 is 4.52 Å². The first-order chi connectivity index (χ1) is 9.90. The van der Waals surface area contributed by atoms with Gasteiger partial charge in [0, 0.05) is 17.7 Å². The Morgan fingerprint density at radius 3 is 2.65 bits per heavy atom. The lowest BCUT2D eigenvalue weighted by Gasteiger charge is -2.04. The third-order valence-corrected chi connectivity index (χ3v) is 3.54. The molecule has 4 heteroatoms. The molecule has 0 unspecified atom stereocenters. The number of nitrogens with one attached hydrogen (secondary N) is 1. The summed E-state index contributed by atoms with van der Waals surface area (Å²) in [7, 11) is 0. The van der Waals surface area contributed by atoms with Crippen LogP contribution in [0.1, 0.15) is 17.5 Å². The zero-order chi connectivity index (χ0) is 13.4. The van der Waals surface area contributed by atoms with Gasteiger partial charge in [-0.15, -0.1) is 0 Å². The van der Waals surface area contributed by atoms with Crippen LogP contribution in [0.4, 0.5) is 5.69 Å². The summed E-state index contributed by atoms with van der Waals surface area (Å²) in [4.78, 5) is 4.51. The summed E-state index contributed by atoms with van der Waals surface area (Å²) in [5.74, 6) is 1.28. The van der Waals surface area contributed by atoms with Crippen molar-refractivity contribution in [2.75, 3.05) is 5.32 Å². The van der Waals surface area contributed by atoms with Crippen molar-refractivity contribution in [2.24, 2.45) is 0 Å². The van der Waals surface area contributed by atoms with E-state index in [1.54, 1.807) is 0 Å². The van der Waals surface area contributed by atoms with Crippen molar-refractivity contribution in [3.8, 4) is 11.4 Å². The molecule has 1 aromatic heterocycles. The van der Waals surface area contributed by atoms with Crippen LogP contribution >= 0.6 is 0 Å². The molecule has 0 amide bonds. The first-order valence-corrected chi connectivity index (χ1v) is 6.63. The summed E-state index contributed by atoms with van der Waals surface area (Å²) in [6.45, 7) is 0. The molecule has 98 valence electrons. The number of para-hydroxylation sites is 1. The van der Waals surface area contributed by atoms with Gasteiger partial charge >= 0.3 is 0 Å². The van der Waals surface area contributed by atoms with Crippen LogP contribution in [-0.2, 0) is 6.42 Å². The monoisotopic (exact) mass is 263 g/mol. The van der Waals surface area contributed by atoms with Gasteiger partial charge in [0.2, 0.25) is 11.7 Å². The fourth-order valence-electron chi connectivity index (χ4n) is 2.53. The summed E-state index contributed by atoms with van der Waals surface area (Å²) in [6.07, 6.45) is 0.882. The predicted molar refractivity (Wildman–Crippen MR) is 76.2 cm³/mol. The maximum absolute atomic E-state index is 5.41. The van der Waals surface area contributed by atoms with Crippen molar-refractivity contribution in [2.45, 2.75) is 12.5 Å². The minimum absolute atomic E-state index is 0.0670. The number of hydrogen-bond donors (Lipinski definition) is 1. The van der Waals surface area contributed by atoms with Gasteiger partial charge in [0.05, 0.1) is 0 Å². The molecule has 20 heavy (non-hydrogen) atoms. The Kier molecular flexibility index (Phi) is 2.52. The second kappa shape index (κ2) is 4.49. The number of benzene rings is 2. The first-order valence-electron chi connectivity index (χ1n) is 6.63. The second-order valence-corrected chi connectivity index (χ2v) is 4.88. The Bertz CT molecular complexity index is 711. The van der Waals surface area contributed by atoms with Crippen molar-refractivity contribution >= 4 is 5.69 Å². The molecular formula is C16H13N3O. The first kappa shape index (κ1) is 11.2. The highest BCUT2D eigenvalue weighted by Crippen LogP contribution is 2.33. The molecule has 3 aromatic rings. The van der Waals surface area contributed by atoms with Gasteiger partial charge in [0.1, 0.15) is 6.04 Å². The quantitative estimate of drug-likeness (QED) is 0.769. The smallest absolute Gasteiger partial charge is 0.249 e. The van der Waals surface area contributed by atoms with Gasteiger partial charge in [0.25, 0.3) is 0 Å². The van der Waals surface area contributed by atoms with Crippen LogP contribution in [-0.4, -0.2) is 10.1 Å². The molecule has 0 bridgehead atoms. The number of rotatable bonds is 2. The van der Waals surface area contributed by atoms with Gasteiger partial charge in [-0.3, -0.25) is 0 Å². The molecule has 0 fully saturated rings. The second-order valence-electron chi connectivity index (χ2n) is 4.88. The van der Waals surface area contributed by atoms with E-state index in [1.165, 1.54) is 5.56 Å². The summed E-state index contributed by atoms with van der Waals surface area (Å²) in [6, 6.07) is 18.2. The zero-order valence-corrected chi connectivity index (χ0v) is 10.8.